The number of benzene rings is 2. The second kappa shape index (κ2) is 8.09. The van der Waals surface area contributed by atoms with Crippen LogP contribution < -0.4 is 10.1 Å². The van der Waals surface area contributed by atoms with Gasteiger partial charge in [-0.25, -0.2) is 8.42 Å². The van der Waals surface area contributed by atoms with Crippen molar-refractivity contribution >= 4 is 43.9 Å². The number of methoxy groups -OCH3 is 1. The van der Waals surface area contributed by atoms with Crippen LogP contribution in [0.15, 0.2) is 47.4 Å². The molecule has 33 heavy (non-hydrogen) atoms. The Balaban J connectivity index is 1.49. The molecule has 2 aromatic carbocycles. The fourth-order valence-electron chi connectivity index (χ4n) is 4.04. The van der Waals surface area contributed by atoms with Crippen LogP contribution >= 0.6 is 0 Å². The number of nitrogens with one attached hydrogen (secondary N) is 1. The van der Waals surface area contributed by atoms with Gasteiger partial charge in [0, 0.05) is 31.1 Å². The van der Waals surface area contributed by atoms with Gasteiger partial charge in [0.2, 0.25) is 10.0 Å². The highest BCUT2D eigenvalue weighted by Crippen LogP contribution is 2.30. The number of ether oxygens (including phenoxy) is 1. The van der Waals surface area contributed by atoms with Crippen molar-refractivity contribution in [2.45, 2.75) is 17.7 Å². The summed E-state index contributed by atoms with van der Waals surface area (Å²) in [5.41, 5.74) is 2.15. The summed E-state index contributed by atoms with van der Waals surface area (Å²) in [6.45, 7) is 1.07. The minimum absolute atomic E-state index is 0.0548. The van der Waals surface area contributed by atoms with E-state index in [2.05, 4.69) is 20.5 Å². The number of rotatable bonds is 5. The molecule has 1 saturated heterocycles. The zero-order valence-corrected chi connectivity index (χ0v) is 19.0. The van der Waals surface area contributed by atoms with Gasteiger partial charge in [-0.1, -0.05) is 0 Å². The van der Waals surface area contributed by atoms with Crippen LogP contribution in [0, 0.1) is 0 Å². The summed E-state index contributed by atoms with van der Waals surface area (Å²) in [5, 5.41) is 11.6. The van der Waals surface area contributed by atoms with Crippen molar-refractivity contribution in [3.05, 3.63) is 48.0 Å². The number of amides is 1. The molecule has 0 bridgehead atoms. The van der Waals surface area contributed by atoms with Gasteiger partial charge in [-0.15, -0.1) is 10.2 Å². The van der Waals surface area contributed by atoms with Gasteiger partial charge in [0.25, 0.3) is 11.9 Å². The van der Waals surface area contributed by atoms with Crippen LogP contribution in [0.4, 0.5) is 5.95 Å². The number of fused-ring (bicyclic) bond motifs is 3. The molecule has 0 unspecified atom stereocenters. The molecule has 0 spiro atoms. The first-order valence-electron chi connectivity index (χ1n) is 10.5. The quantitative estimate of drug-likeness (QED) is 0.480. The maximum absolute atomic E-state index is 13.0. The third kappa shape index (κ3) is 3.68. The largest absolute Gasteiger partial charge is 0.497 e. The molecule has 170 valence electrons. The molecule has 2 aromatic heterocycles. The maximum Gasteiger partial charge on any atom is 0.258 e. The van der Waals surface area contributed by atoms with E-state index in [0.29, 0.717) is 41.0 Å². The summed E-state index contributed by atoms with van der Waals surface area (Å²) in [5.74, 6) is 0.322. The number of aromatic nitrogens is 4. The first-order chi connectivity index (χ1) is 15.9. The zero-order valence-electron chi connectivity index (χ0n) is 18.1. The molecule has 1 aliphatic rings. The van der Waals surface area contributed by atoms with Crippen molar-refractivity contribution in [3.8, 4) is 5.75 Å². The zero-order chi connectivity index (χ0) is 23.2. The second-order valence-corrected chi connectivity index (χ2v) is 9.78. The van der Waals surface area contributed by atoms with Crippen LogP contribution in [0.5, 0.6) is 5.75 Å². The normalized spacial score (nSPS) is 14.7. The molecule has 1 amide bonds. The van der Waals surface area contributed by atoms with Gasteiger partial charge >= 0.3 is 0 Å². The monoisotopic (exact) mass is 466 g/mol. The summed E-state index contributed by atoms with van der Waals surface area (Å²) in [7, 11) is -0.197. The second-order valence-electron chi connectivity index (χ2n) is 7.84. The highest BCUT2D eigenvalue weighted by molar-refractivity contribution is 7.89. The van der Waals surface area contributed by atoms with Crippen molar-refractivity contribution in [2.75, 3.05) is 25.5 Å². The van der Waals surface area contributed by atoms with Crippen LogP contribution in [-0.2, 0) is 17.1 Å². The van der Waals surface area contributed by atoms with Crippen LogP contribution in [0.25, 0.3) is 22.1 Å². The Hall–Kier alpha value is -3.57. The summed E-state index contributed by atoms with van der Waals surface area (Å²) in [6, 6.07) is 11.6. The Morgan fingerprint density at radius 2 is 1.79 bits per heavy atom. The van der Waals surface area contributed by atoms with Crippen molar-refractivity contribution in [2.24, 2.45) is 7.05 Å². The number of carbonyl (C=O) groups excluding carboxylic acids is 1. The van der Waals surface area contributed by atoms with Gasteiger partial charge in [0.05, 0.1) is 17.5 Å². The van der Waals surface area contributed by atoms with E-state index in [1.54, 1.807) is 54.1 Å². The van der Waals surface area contributed by atoms with E-state index in [9.17, 15) is 13.2 Å². The van der Waals surface area contributed by atoms with E-state index in [1.165, 1.54) is 4.31 Å². The molecule has 3 heterocycles. The van der Waals surface area contributed by atoms with Crippen molar-refractivity contribution < 1.29 is 17.9 Å². The maximum atomic E-state index is 13.0. The van der Waals surface area contributed by atoms with Gasteiger partial charge in [0.15, 0.2) is 5.65 Å². The fourth-order valence-corrected chi connectivity index (χ4v) is 5.59. The molecule has 11 heteroatoms. The molecule has 1 aliphatic heterocycles. The number of aryl methyl sites for hydroxylation is 1. The average molecular weight is 467 g/mol. The highest BCUT2D eigenvalue weighted by atomic mass is 32.2. The van der Waals surface area contributed by atoms with Gasteiger partial charge in [-0.3, -0.25) is 10.1 Å². The SMILES string of the molecule is COc1ccc(C(=O)Nc2nnc3c4cc(S(=O)(=O)N5CCCC5)ccc4n(C)c3n2)cc1. The molecule has 0 atom stereocenters. The van der Waals surface area contributed by atoms with Crippen LogP contribution in [0.3, 0.4) is 0 Å². The summed E-state index contributed by atoms with van der Waals surface area (Å²) in [4.78, 5) is 17.2. The molecule has 0 saturated carbocycles. The molecule has 0 radical (unpaired) electrons. The number of carbonyl (C=O) groups is 1. The lowest BCUT2D eigenvalue weighted by molar-refractivity contribution is 0.102. The smallest absolute Gasteiger partial charge is 0.258 e. The van der Waals surface area contributed by atoms with E-state index in [4.69, 9.17) is 4.74 Å². The van der Waals surface area contributed by atoms with Gasteiger partial charge in [-0.2, -0.15) is 9.29 Å². The van der Waals surface area contributed by atoms with Crippen molar-refractivity contribution in [1.82, 2.24) is 24.1 Å². The molecule has 0 aliphatic carbocycles. The van der Waals surface area contributed by atoms with Crippen LogP contribution in [0.2, 0.25) is 0 Å². The third-order valence-corrected chi connectivity index (χ3v) is 7.75. The first kappa shape index (κ1) is 21.3. The first-order valence-corrected chi connectivity index (χ1v) is 11.9. The number of anilines is 1. The Labute approximate surface area is 190 Å². The molecule has 10 nitrogen and oxygen atoms in total. The summed E-state index contributed by atoms with van der Waals surface area (Å²) >= 11 is 0. The molecular weight excluding hydrogens is 444 g/mol. The van der Waals surface area contributed by atoms with E-state index in [-0.39, 0.29) is 16.8 Å². The molecular formula is C22H22N6O4S. The fraction of sp³-hybridized carbons (Fsp3) is 0.273. The van der Waals surface area contributed by atoms with E-state index in [0.717, 1.165) is 18.4 Å². The highest BCUT2D eigenvalue weighted by Gasteiger charge is 2.28. The lowest BCUT2D eigenvalue weighted by Gasteiger charge is -2.15. The molecule has 4 aromatic rings. The lowest BCUT2D eigenvalue weighted by atomic mass is 10.2. The van der Waals surface area contributed by atoms with Crippen molar-refractivity contribution in [3.63, 3.8) is 0 Å². The number of sulfonamides is 1. The van der Waals surface area contributed by atoms with Gasteiger partial charge in [-0.05, 0) is 55.3 Å². The summed E-state index contributed by atoms with van der Waals surface area (Å²) < 4.78 is 34.4. The molecule has 1 fully saturated rings. The topological polar surface area (TPSA) is 119 Å². The minimum atomic E-state index is -3.56. The number of hydrogen-bond donors (Lipinski definition) is 1. The molecule has 1 N–H and O–H groups in total. The summed E-state index contributed by atoms with van der Waals surface area (Å²) in [6.07, 6.45) is 1.74. The Bertz CT molecular complexity index is 1470. The van der Waals surface area contributed by atoms with E-state index < -0.39 is 10.0 Å². The van der Waals surface area contributed by atoms with Gasteiger partial charge < -0.3 is 9.30 Å². The standard InChI is InChI=1S/C22H22N6O4S/c1-27-18-10-9-16(33(30,31)28-11-3-4-12-28)13-17(18)19-20(27)23-22(26-25-19)24-21(29)14-5-7-15(32-2)8-6-14/h5-10,13H,3-4,11-12H2,1-2H3,(H,23,24,26,29). The van der Waals surface area contributed by atoms with E-state index >= 15 is 0 Å². The Kier molecular flexibility index (Phi) is 5.22. The molecule has 5 rings (SSSR count). The predicted molar refractivity (Wildman–Crippen MR) is 123 cm³/mol. The van der Waals surface area contributed by atoms with Crippen LogP contribution in [0.1, 0.15) is 23.2 Å². The Morgan fingerprint density at radius 3 is 2.48 bits per heavy atom. The third-order valence-electron chi connectivity index (χ3n) is 5.85. The minimum Gasteiger partial charge on any atom is -0.497 e. The average Bonchev–Trinajstić information content (AvgIpc) is 3.47. The van der Waals surface area contributed by atoms with Crippen LogP contribution in [-0.4, -0.2) is 58.6 Å². The van der Waals surface area contributed by atoms with Gasteiger partial charge in [0.1, 0.15) is 11.3 Å². The lowest BCUT2D eigenvalue weighted by Crippen LogP contribution is -2.27. The number of hydrogen-bond acceptors (Lipinski definition) is 7. The number of nitrogens with zero attached hydrogens (tertiary/aromatic N) is 5. The van der Waals surface area contributed by atoms with E-state index in [1.807, 2.05) is 7.05 Å². The van der Waals surface area contributed by atoms with Crippen molar-refractivity contribution in [1.29, 1.82) is 0 Å². The predicted octanol–water partition coefficient (Wildman–Crippen LogP) is 2.56. The Morgan fingerprint density at radius 1 is 1.06 bits per heavy atom.